The van der Waals surface area contributed by atoms with Gasteiger partial charge in [-0.1, -0.05) is 6.92 Å². The SMILES string of the molecule is CCCOCc1nnc2n1CC(N)CC2. The number of nitrogens with two attached hydrogens (primary N) is 1. The van der Waals surface area contributed by atoms with Gasteiger partial charge in [0.15, 0.2) is 5.82 Å². The van der Waals surface area contributed by atoms with E-state index >= 15 is 0 Å². The van der Waals surface area contributed by atoms with Gasteiger partial charge in [0, 0.05) is 25.6 Å². The molecule has 84 valence electrons. The highest BCUT2D eigenvalue weighted by atomic mass is 16.5. The van der Waals surface area contributed by atoms with E-state index in [1.54, 1.807) is 0 Å². The molecular formula is C10H18N4O. The van der Waals surface area contributed by atoms with Gasteiger partial charge in [0.2, 0.25) is 0 Å². The van der Waals surface area contributed by atoms with Crippen LogP contribution in [-0.4, -0.2) is 27.4 Å². The maximum Gasteiger partial charge on any atom is 0.159 e. The Hall–Kier alpha value is -0.940. The minimum absolute atomic E-state index is 0.235. The molecule has 1 unspecified atom stereocenters. The van der Waals surface area contributed by atoms with Crippen molar-refractivity contribution in [1.29, 1.82) is 0 Å². The van der Waals surface area contributed by atoms with Crippen molar-refractivity contribution in [3.8, 4) is 0 Å². The Balaban J connectivity index is 2.02. The van der Waals surface area contributed by atoms with Crippen molar-refractivity contribution in [2.45, 2.75) is 45.4 Å². The second-order valence-electron chi connectivity index (χ2n) is 3.99. The van der Waals surface area contributed by atoms with Crippen molar-refractivity contribution < 1.29 is 4.74 Å². The maximum atomic E-state index is 5.92. The summed E-state index contributed by atoms with van der Waals surface area (Å²) < 4.78 is 7.57. The van der Waals surface area contributed by atoms with Crippen LogP contribution < -0.4 is 5.73 Å². The van der Waals surface area contributed by atoms with Gasteiger partial charge >= 0.3 is 0 Å². The average Bonchev–Trinajstić information content (AvgIpc) is 2.62. The first-order valence-electron chi connectivity index (χ1n) is 5.55. The summed E-state index contributed by atoms with van der Waals surface area (Å²) in [4.78, 5) is 0. The van der Waals surface area contributed by atoms with Crippen molar-refractivity contribution in [2.75, 3.05) is 6.61 Å². The number of nitrogens with zero attached hydrogens (tertiary/aromatic N) is 3. The minimum atomic E-state index is 0.235. The van der Waals surface area contributed by atoms with Crippen molar-refractivity contribution in [3.63, 3.8) is 0 Å². The predicted molar refractivity (Wildman–Crippen MR) is 56.3 cm³/mol. The molecule has 0 saturated heterocycles. The number of rotatable bonds is 4. The molecule has 1 atom stereocenters. The maximum absolute atomic E-state index is 5.92. The van der Waals surface area contributed by atoms with Crippen LogP contribution in [0, 0.1) is 0 Å². The van der Waals surface area contributed by atoms with Crippen LogP contribution in [0.4, 0.5) is 0 Å². The molecular weight excluding hydrogens is 192 g/mol. The summed E-state index contributed by atoms with van der Waals surface area (Å²) in [5.74, 6) is 1.96. The van der Waals surface area contributed by atoms with E-state index in [4.69, 9.17) is 10.5 Å². The third-order valence-corrected chi connectivity index (χ3v) is 2.64. The van der Waals surface area contributed by atoms with Gasteiger partial charge in [-0.2, -0.15) is 0 Å². The second kappa shape index (κ2) is 4.72. The second-order valence-corrected chi connectivity index (χ2v) is 3.99. The molecule has 1 aromatic rings. The minimum Gasteiger partial charge on any atom is -0.373 e. The summed E-state index contributed by atoms with van der Waals surface area (Å²) in [7, 11) is 0. The van der Waals surface area contributed by atoms with E-state index in [-0.39, 0.29) is 6.04 Å². The molecule has 2 N–H and O–H groups in total. The summed E-state index contributed by atoms with van der Waals surface area (Å²) in [6, 6.07) is 0.235. The van der Waals surface area contributed by atoms with Gasteiger partial charge in [0.25, 0.3) is 0 Å². The molecule has 1 aromatic heterocycles. The van der Waals surface area contributed by atoms with Crippen LogP contribution >= 0.6 is 0 Å². The average molecular weight is 210 g/mol. The van der Waals surface area contributed by atoms with Gasteiger partial charge in [0.1, 0.15) is 12.4 Å². The molecule has 0 radical (unpaired) electrons. The van der Waals surface area contributed by atoms with Crippen LogP contribution in [0.25, 0.3) is 0 Å². The fraction of sp³-hybridized carbons (Fsp3) is 0.800. The van der Waals surface area contributed by atoms with Crippen LogP contribution in [0.2, 0.25) is 0 Å². The lowest BCUT2D eigenvalue weighted by Crippen LogP contribution is -2.32. The first kappa shape index (κ1) is 10.6. The summed E-state index contributed by atoms with van der Waals surface area (Å²) in [5.41, 5.74) is 5.92. The lowest BCUT2D eigenvalue weighted by molar-refractivity contribution is 0.112. The van der Waals surface area contributed by atoms with E-state index in [1.165, 1.54) is 0 Å². The highest BCUT2D eigenvalue weighted by Crippen LogP contribution is 2.14. The van der Waals surface area contributed by atoms with E-state index in [0.29, 0.717) is 6.61 Å². The Bertz CT molecular complexity index is 323. The molecule has 0 bridgehead atoms. The van der Waals surface area contributed by atoms with Gasteiger partial charge in [0.05, 0.1) is 0 Å². The standard InChI is InChI=1S/C10H18N4O/c1-2-5-15-7-10-13-12-9-4-3-8(11)6-14(9)10/h8H,2-7,11H2,1H3. The molecule has 5 heteroatoms. The molecule has 2 heterocycles. The highest BCUT2D eigenvalue weighted by molar-refractivity contribution is 5.00. The fourth-order valence-electron chi connectivity index (χ4n) is 1.82. The number of hydrogen-bond acceptors (Lipinski definition) is 4. The number of fused-ring (bicyclic) bond motifs is 1. The largest absolute Gasteiger partial charge is 0.373 e. The number of aryl methyl sites for hydroxylation is 1. The van der Waals surface area contributed by atoms with Crippen LogP contribution in [0.3, 0.4) is 0 Å². The smallest absolute Gasteiger partial charge is 0.159 e. The van der Waals surface area contributed by atoms with Crippen LogP contribution in [0.1, 0.15) is 31.4 Å². The first-order chi connectivity index (χ1) is 7.31. The first-order valence-corrected chi connectivity index (χ1v) is 5.55. The summed E-state index contributed by atoms with van der Waals surface area (Å²) in [5, 5.41) is 8.28. The van der Waals surface area contributed by atoms with Crippen molar-refractivity contribution >= 4 is 0 Å². The van der Waals surface area contributed by atoms with Crippen LogP contribution in [-0.2, 0) is 24.3 Å². The van der Waals surface area contributed by atoms with Gasteiger partial charge in [-0.25, -0.2) is 0 Å². The van der Waals surface area contributed by atoms with E-state index in [0.717, 1.165) is 44.1 Å². The number of hydrogen-bond donors (Lipinski definition) is 1. The lowest BCUT2D eigenvalue weighted by Gasteiger charge is -2.20. The van der Waals surface area contributed by atoms with Crippen molar-refractivity contribution in [2.24, 2.45) is 5.73 Å². The normalized spacial score (nSPS) is 20.3. The Morgan fingerprint density at radius 2 is 2.40 bits per heavy atom. The molecule has 2 rings (SSSR count). The van der Waals surface area contributed by atoms with Crippen LogP contribution in [0.15, 0.2) is 0 Å². The van der Waals surface area contributed by atoms with E-state index < -0.39 is 0 Å². The molecule has 15 heavy (non-hydrogen) atoms. The van der Waals surface area contributed by atoms with E-state index in [1.807, 2.05) is 0 Å². The Morgan fingerprint density at radius 1 is 1.53 bits per heavy atom. The van der Waals surface area contributed by atoms with Crippen molar-refractivity contribution in [3.05, 3.63) is 11.6 Å². The third-order valence-electron chi connectivity index (χ3n) is 2.64. The molecule has 0 amide bonds. The van der Waals surface area contributed by atoms with Gasteiger partial charge in [-0.3, -0.25) is 0 Å². The molecule has 0 spiro atoms. The Morgan fingerprint density at radius 3 is 3.20 bits per heavy atom. The zero-order chi connectivity index (χ0) is 10.7. The molecule has 0 aromatic carbocycles. The van der Waals surface area contributed by atoms with E-state index in [2.05, 4.69) is 21.7 Å². The quantitative estimate of drug-likeness (QED) is 0.734. The van der Waals surface area contributed by atoms with Gasteiger partial charge in [-0.05, 0) is 12.8 Å². The zero-order valence-electron chi connectivity index (χ0n) is 9.15. The Kier molecular flexibility index (Phi) is 3.33. The van der Waals surface area contributed by atoms with Crippen molar-refractivity contribution in [1.82, 2.24) is 14.8 Å². The molecule has 1 aliphatic heterocycles. The van der Waals surface area contributed by atoms with Crippen LogP contribution in [0.5, 0.6) is 0 Å². The number of ether oxygens (including phenoxy) is 1. The Labute approximate surface area is 89.6 Å². The third kappa shape index (κ3) is 2.35. The monoisotopic (exact) mass is 210 g/mol. The number of aromatic nitrogens is 3. The topological polar surface area (TPSA) is 66.0 Å². The van der Waals surface area contributed by atoms with Gasteiger partial charge in [-0.15, -0.1) is 10.2 Å². The molecule has 0 aliphatic carbocycles. The summed E-state index contributed by atoms with van der Waals surface area (Å²) in [6.45, 7) is 4.24. The van der Waals surface area contributed by atoms with Gasteiger partial charge < -0.3 is 15.0 Å². The molecule has 0 saturated carbocycles. The molecule has 5 nitrogen and oxygen atoms in total. The zero-order valence-corrected chi connectivity index (χ0v) is 9.15. The van der Waals surface area contributed by atoms with E-state index in [9.17, 15) is 0 Å². The molecule has 0 fully saturated rings. The lowest BCUT2D eigenvalue weighted by atomic mass is 10.1. The fourth-order valence-corrected chi connectivity index (χ4v) is 1.82. The highest BCUT2D eigenvalue weighted by Gasteiger charge is 2.19. The summed E-state index contributed by atoms with van der Waals surface area (Å²) in [6.07, 6.45) is 2.97. The molecule has 1 aliphatic rings. The predicted octanol–water partition coefficient (Wildman–Crippen LogP) is 0.478. The summed E-state index contributed by atoms with van der Waals surface area (Å²) >= 11 is 0.